The minimum Gasteiger partial charge on any atom is -0.506 e. The second-order valence-electron chi connectivity index (χ2n) is 3.45. The molecule has 2 N–H and O–H groups in total. The smallest absolute Gasteiger partial charge is 0.138 e. The van der Waals surface area contributed by atoms with E-state index in [1.807, 2.05) is 13.1 Å². The molecule has 14 heavy (non-hydrogen) atoms. The Hall–Kier alpha value is -1.18. The number of rotatable bonds is 4. The first-order valence-corrected chi connectivity index (χ1v) is 5.26. The summed E-state index contributed by atoms with van der Waals surface area (Å²) in [6, 6.07) is 3.78. The summed E-state index contributed by atoms with van der Waals surface area (Å²) in [5.74, 6) is 0.355. The van der Waals surface area contributed by atoms with Crippen molar-refractivity contribution in [3.63, 3.8) is 0 Å². The third-order valence-corrected chi connectivity index (χ3v) is 2.52. The zero-order chi connectivity index (χ0) is 10.6. The lowest BCUT2D eigenvalue weighted by atomic mass is 9.98. The van der Waals surface area contributed by atoms with Gasteiger partial charge in [0.25, 0.3) is 0 Å². The number of benzene rings is 1. The van der Waals surface area contributed by atoms with Crippen molar-refractivity contribution in [1.82, 2.24) is 0 Å². The van der Waals surface area contributed by atoms with Crippen LogP contribution >= 0.6 is 0 Å². The van der Waals surface area contributed by atoms with Gasteiger partial charge in [0.1, 0.15) is 5.75 Å². The van der Waals surface area contributed by atoms with Crippen LogP contribution < -0.4 is 5.32 Å². The lowest BCUT2D eigenvalue weighted by molar-refractivity contribution is 0.476. The van der Waals surface area contributed by atoms with E-state index < -0.39 is 0 Å². The molecule has 0 unspecified atom stereocenters. The summed E-state index contributed by atoms with van der Waals surface area (Å²) in [5.41, 5.74) is 3.48. The summed E-state index contributed by atoms with van der Waals surface area (Å²) in [4.78, 5) is 0. The Morgan fingerprint density at radius 3 is 2.50 bits per heavy atom. The first kappa shape index (κ1) is 10.9. The quantitative estimate of drug-likeness (QED) is 0.720. The molecule has 0 atom stereocenters. The van der Waals surface area contributed by atoms with Gasteiger partial charge < -0.3 is 10.4 Å². The van der Waals surface area contributed by atoms with Gasteiger partial charge in [0.05, 0.1) is 5.69 Å². The van der Waals surface area contributed by atoms with Crippen LogP contribution in [-0.4, -0.2) is 12.2 Å². The van der Waals surface area contributed by atoms with Crippen LogP contribution in [0, 0.1) is 0 Å². The molecular formula is C12H19NO. The first-order valence-electron chi connectivity index (χ1n) is 5.26. The van der Waals surface area contributed by atoms with E-state index in [1.165, 1.54) is 11.1 Å². The zero-order valence-electron chi connectivity index (χ0n) is 9.22. The van der Waals surface area contributed by atoms with Crippen LogP contribution in [0.5, 0.6) is 5.75 Å². The van der Waals surface area contributed by atoms with Crippen LogP contribution in [0.15, 0.2) is 12.1 Å². The van der Waals surface area contributed by atoms with Gasteiger partial charge in [-0.3, -0.25) is 0 Å². The Bertz CT molecular complexity index is 307. The largest absolute Gasteiger partial charge is 0.506 e. The van der Waals surface area contributed by atoms with Crippen LogP contribution in [0.2, 0.25) is 0 Å². The molecule has 0 radical (unpaired) electrons. The number of aryl methyl sites for hydroxylation is 1. The number of hydrogen-bond donors (Lipinski definition) is 2. The predicted octanol–water partition coefficient (Wildman–Crippen LogP) is 2.95. The van der Waals surface area contributed by atoms with Crippen molar-refractivity contribution < 1.29 is 5.11 Å². The van der Waals surface area contributed by atoms with Crippen LogP contribution in [0.1, 0.15) is 31.4 Å². The van der Waals surface area contributed by atoms with Crippen molar-refractivity contribution in [2.75, 3.05) is 12.4 Å². The van der Waals surface area contributed by atoms with Crippen molar-refractivity contribution in [3.05, 3.63) is 23.3 Å². The molecule has 0 aliphatic rings. The standard InChI is InChI=1S/C12H19NO/c1-4-6-10-9(5-2)7-8-11(14)12(10)13-3/h7-8,13-14H,4-6H2,1-3H3. The maximum atomic E-state index is 9.68. The Labute approximate surface area is 86.0 Å². The molecule has 0 aliphatic carbocycles. The lowest BCUT2D eigenvalue weighted by Gasteiger charge is -2.14. The molecule has 0 heterocycles. The molecule has 0 amide bonds. The summed E-state index contributed by atoms with van der Waals surface area (Å²) in [6.07, 6.45) is 3.14. The molecule has 2 nitrogen and oxygen atoms in total. The van der Waals surface area contributed by atoms with Gasteiger partial charge in [-0.2, -0.15) is 0 Å². The highest BCUT2D eigenvalue weighted by Crippen LogP contribution is 2.31. The van der Waals surface area contributed by atoms with Gasteiger partial charge in [-0.25, -0.2) is 0 Å². The maximum absolute atomic E-state index is 9.68. The van der Waals surface area contributed by atoms with E-state index in [0.717, 1.165) is 24.9 Å². The molecule has 0 bridgehead atoms. The monoisotopic (exact) mass is 193 g/mol. The molecule has 2 heteroatoms. The van der Waals surface area contributed by atoms with Crippen LogP contribution in [0.4, 0.5) is 5.69 Å². The fourth-order valence-corrected chi connectivity index (χ4v) is 1.82. The highest BCUT2D eigenvalue weighted by molar-refractivity contribution is 5.63. The van der Waals surface area contributed by atoms with Gasteiger partial charge in [-0.05, 0) is 30.0 Å². The maximum Gasteiger partial charge on any atom is 0.138 e. The van der Waals surface area contributed by atoms with E-state index in [2.05, 4.69) is 19.2 Å². The fraction of sp³-hybridized carbons (Fsp3) is 0.500. The van der Waals surface area contributed by atoms with E-state index in [4.69, 9.17) is 0 Å². The average molecular weight is 193 g/mol. The minimum atomic E-state index is 0.355. The van der Waals surface area contributed by atoms with Crippen molar-refractivity contribution in [2.24, 2.45) is 0 Å². The molecule has 78 valence electrons. The molecule has 0 aromatic heterocycles. The highest BCUT2D eigenvalue weighted by atomic mass is 16.3. The van der Waals surface area contributed by atoms with E-state index in [-0.39, 0.29) is 0 Å². The van der Waals surface area contributed by atoms with Crippen molar-refractivity contribution in [3.8, 4) is 5.75 Å². The van der Waals surface area contributed by atoms with Gasteiger partial charge in [-0.1, -0.05) is 26.3 Å². The number of phenols is 1. The third-order valence-electron chi connectivity index (χ3n) is 2.52. The minimum absolute atomic E-state index is 0.355. The Morgan fingerprint density at radius 1 is 1.29 bits per heavy atom. The SMILES string of the molecule is CCCc1c(CC)ccc(O)c1NC. The summed E-state index contributed by atoms with van der Waals surface area (Å²) < 4.78 is 0. The third kappa shape index (κ3) is 2.00. The average Bonchev–Trinajstić information content (AvgIpc) is 2.19. The first-order chi connectivity index (χ1) is 6.74. The van der Waals surface area contributed by atoms with Gasteiger partial charge in [0.15, 0.2) is 0 Å². The molecule has 0 saturated carbocycles. The predicted molar refractivity (Wildman–Crippen MR) is 61.0 cm³/mol. The fourth-order valence-electron chi connectivity index (χ4n) is 1.82. The number of nitrogens with one attached hydrogen (secondary N) is 1. The van der Waals surface area contributed by atoms with Gasteiger partial charge in [0.2, 0.25) is 0 Å². The summed E-state index contributed by atoms with van der Waals surface area (Å²) >= 11 is 0. The number of phenolic OH excluding ortho intramolecular Hbond substituents is 1. The van der Waals surface area contributed by atoms with Gasteiger partial charge >= 0.3 is 0 Å². The number of hydrogen-bond acceptors (Lipinski definition) is 2. The Balaban J connectivity index is 3.21. The van der Waals surface area contributed by atoms with Crippen LogP contribution in [-0.2, 0) is 12.8 Å². The topological polar surface area (TPSA) is 32.3 Å². The Morgan fingerprint density at radius 2 is 2.00 bits per heavy atom. The van der Waals surface area contributed by atoms with Gasteiger partial charge in [0, 0.05) is 7.05 Å². The van der Waals surface area contributed by atoms with E-state index in [1.54, 1.807) is 6.07 Å². The number of aromatic hydroxyl groups is 1. The van der Waals surface area contributed by atoms with E-state index in [9.17, 15) is 5.11 Å². The van der Waals surface area contributed by atoms with Crippen molar-refractivity contribution in [1.29, 1.82) is 0 Å². The molecular weight excluding hydrogens is 174 g/mol. The molecule has 1 rings (SSSR count). The molecule has 0 spiro atoms. The second-order valence-corrected chi connectivity index (χ2v) is 3.45. The second kappa shape index (κ2) is 4.89. The van der Waals surface area contributed by atoms with E-state index >= 15 is 0 Å². The van der Waals surface area contributed by atoms with E-state index in [0.29, 0.717) is 5.75 Å². The molecule has 0 saturated heterocycles. The van der Waals surface area contributed by atoms with Crippen LogP contribution in [0.3, 0.4) is 0 Å². The lowest BCUT2D eigenvalue weighted by Crippen LogP contribution is -2.00. The van der Waals surface area contributed by atoms with Crippen molar-refractivity contribution in [2.45, 2.75) is 33.1 Å². The summed E-state index contributed by atoms with van der Waals surface area (Å²) in [5, 5.41) is 12.7. The number of anilines is 1. The molecule has 1 aromatic rings. The molecule has 0 fully saturated rings. The van der Waals surface area contributed by atoms with Gasteiger partial charge in [-0.15, -0.1) is 0 Å². The normalized spacial score (nSPS) is 10.2. The molecule has 0 aliphatic heterocycles. The van der Waals surface area contributed by atoms with Crippen molar-refractivity contribution >= 4 is 5.69 Å². The Kier molecular flexibility index (Phi) is 3.81. The summed E-state index contributed by atoms with van der Waals surface area (Å²) in [7, 11) is 1.85. The highest BCUT2D eigenvalue weighted by Gasteiger charge is 2.09. The summed E-state index contributed by atoms with van der Waals surface area (Å²) in [6.45, 7) is 4.30. The molecule has 1 aromatic carbocycles. The van der Waals surface area contributed by atoms with Crippen LogP contribution in [0.25, 0.3) is 0 Å². The zero-order valence-corrected chi connectivity index (χ0v) is 9.22.